The third-order valence-electron chi connectivity index (χ3n) is 5.17. The van der Waals surface area contributed by atoms with E-state index in [0.29, 0.717) is 0 Å². The summed E-state index contributed by atoms with van der Waals surface area (Å²) in [7, 11) is 0. The van der Waals surface area contributed by atoms with Gasteiger partial charge >= 0.3 is 18.1 Å². The molecule has 4 unspecified atom stereocenters. The summed E-state index contributed by atoms with van der Waals surface area (Å²) in [4.78, 5) is 35.0. The molecule has 0 radical (unpaired) electrons. The van der Waals surface area contributed by atoms with Gasteiger partial charge in [-0.05, 0) is 24.5 Å². The van der Waals surface area contributed by atoms with E-state index in [1.165, 1.54) is 6.07 Å². The lowest BCUT2D eigenvalue weighted by Gasteiger charge is -2.25. The van der Waals surface area contributed by atoms with Crippen molar-refractivity contribution in [2.24, 2.45) is 23.5 Å². The lowest BCUT2D eigenvalue weighted by atomic mass is 9.90. The number of fused-ring (bicyclic) bond motifs is 1. The summed E-state index contributed by atoms with van der Waals surface area (Å²) in [5.41, 5.74) is 2.24. The van der Waals surface area contributed by atoms with E-state index >= 15 is 0 Å². The summed E-state index contributed by atoms with van der Waals surface area (Å²) in [6.07, 6.45) is -4.99. The first-order valence-corrected chi connectivity index (χ1v) is 7.70. The number of benzene rings is 1. The minimum absolute atomic E-state index is 0.249. The highest BCUT2D eigenvalue weighted by Crippen LogP contribution is 2.61. The van der Waals surface area contributed by atoms with Gasteiger partial charge in [0, 0.05) is 12.0 Å². The average Bonchev–Trinajstić information content (AvgIpc) is 3.23. The maximum absolute atomic E-state index is 13.0. The summed E-state index contributed by atoms with van der Waals surface area (Å²) in [6.45, 7) is 0. The fourth-order valence-electron chi connectivity index (χ4n) is 4.00. The largest absolute Gasteiger partial charge is 0.481 e. The van der Waals surface area contributed by atoms with Crippen molar-refractivity contribution >= 4 is 17.8 Å². The van der Waals surface area contributed by atoms with Crippen molar-refractivity contribution in [1.29, 1.82) is 0 Å². The molecule has 0 aliphatic heterocycles. The Morgan fingerprint density at radius 1 is 1.19 bits per heavy atom. The molecule has 1 aromatic rings. The second-order valence-corrected chi connectivity index (χ2v) is 6.64. The fourth-order valence-corrected chi connectivity index (χ4v) is 4.00. The highest BCUT2D eigenvalue weighted by atomic mass is 19.4. The molecule has 2 aliphatic rings. The number of aliphatic carboxylic acids is 2. The van der Waals surface area contributed by atoms with Crippen molar-refractivity contribution in [2.75, 3.05) is 0 Å². The number of carbonyl (C=O) groups excluding carboxylic acids is 1. The summed E-state index contributed by atoms with van der Waals surface area (Å²) in [5, 5.41) is 20.8. The maximum Gasteiger partial charge on any atom is 0.417 e. The minimum Gasteiger partial charge on any atom is -0.481 e. The van der Waals surface area contributed by atoms with Crippen LogP contribution < -0.4 is 11.1 Å². The van der Waals surface area contributed by atoms with Crippen LogP contribution in [0.2, 0.25) is 0 Å². The van der Waals surface area contributed by atoms with E-state index in [0.717, 1.165) is 18.2 Å². The molecule has 2 fully saturated rings. The van der Waals surface area contributed by atoms with Crippen LogP contribution in [-0.4, -0.2) is 39.6 Å². The molecule has 3 rings (SSSR count). The number of rotatable bonds is 4. The van der Waals surface area contributed by atoms with E-state index in [1.807, 2.05) is 0 Å². The van der Waals surface area contributed by atoms with Crippen LogP contribution in [0, 0.1) is 17.8 Å². The van der Waals surface area contributed by atoms with Gasteiger partial charge in [-0.2, -0.15) is 13.2 Å². The van der Waals surface area contributed by atoms with Crippen LogP contribution in [0.4, 0.5) is 13.2 Å². The van der Waals surface area contributed by atoms with E-state index in [9.17, 15) is 37.8 Å². The molecule has 0 saturated heterocycles. The van der Waals surface area contributed by atoms with Crippen LogP contribution in [0.15, 0.2) is 24.3 Å². The van der Waals surface area contributed by atoms with Crippen LogP contribution in [0.3, 0.4) is 0 Å². The molecule has 0 aromatic heterocycles. The molecule has 0 heterocycles. The second-order valence-electron chi connectivity index (χ2n) is 6.64. The van der Waals surface area contributed by atoms with E-state index in [1.54, 1.807) is 0 Å². The zero-order valence-corrected chi connectivity index (χ0v) is 13.2. The molecule has 26 heavy (non-hydrogen) atoms. The quantitative estimate of drug-likeness (QED) is 0.622. The Morgan fingerprint density at radius 2 is 1.81 bits per heavy atom. The van der Waals surface area contributed by atoms with Crippen molar-refractivity contribution in [3.8, 4) is 0 Å². The van der Waals surface area contributed by atoms with Gasteiger partial charge in [-0.1, -0.05) is 12.1 Å². The molecule has 7 nitrogen and oxygen atoms in total. The number of alkyl halides is 3. The third kappa shape index (κ3) is 2.70. The van der Waals surface area contributed by atoms with Crippen molar-refractivity contribution in [2.45, 2.75) is 24.2 Å². The van der Waals surface area contributed by atoms with Gasteiger partial charge in [-0.25, -0.2) is 0 Å². The number of hydrogen-bond donors (Lipinski definition) is 4. The first-order valence-electron chi connectivity index (χ1n) is 7.70. The minimum atomic E-state index is -4.74. The first kappa shape index (κ1) is 18.2. The van der Waals surface area contributed by atoms with Gasteiger partial charge in [0.15, 0.2) is 0 Å². The molecule has 10 heteroatoms. The van der Waals surface area contributed by atoms with Crippen LogP contribution in [0.5, 0.6) is 0 Å². The Hall–Kier alpha value is -2.62. The predicted molar refractivity (Wildman–Crippen MR) is 80.0 cm³/mol. The number of nitrogens with one attached hydrogen (secondary N) is 1. The Bertz CT molecular complexity index is 796. The summed E-state index contributed by atoms with van der Waals surface area (Å²) in [6, 6.07) is 3.23. The van der Waals surface area contributed by atoms with Gasteiger partial charge in [0.25, 0.3) is 5.91 Å². The molecule has 1 amide bonds. The smallest absolute Gasteiger partial charge is 0.417 e. The van der Waals surface area contributed by atoms with E-state index in [2.05, 4.69) is 5.32 Å². The zero-order chi connectivity index (χ0) is 19.4. The van der Waals surface area contributed by atoms with Crippen molar-refractivity contribution in [3.05, 3.63) is 35.4 Å². The summed E-state index contributed by atoms with van der Waals surface area (Å²) < 4.78 is 39.1. The number of carboxylic acids is 2. The van der Waals surface area contributed by atoms with E-state index in [4.69, 9.17) is 5.73 Å². The fraction of sp³-hybridized carbons (Fsp3) is 0.438. The standard InChI is InChI=1S/C16H15F3N2O5/c17-16(18,19)7-4-2-1-3-6(7)12(22)21-8-5-15(20,14(25)26)11-9(8)10(11)13(23)24/h1-4,8-11H,5,20H2,(H,21,22)(H,23,24)(H,25,26)/t8?,9?,10-,11?,15?/m0/s1. The number of amides is 1. The van der Waals surface area contributed by atoms with Gasteiger partial charge in [0.1, 0.15) is 5.54 Å². The van der Waals surface area contributed by atoms with Gasteiger partial charge < -0.3 is 21.3 Å². The Kier molecular flexibility index (Phi) is 3.98. The number of halogens is 3. The second kappa shape index (κ2) is 5.70. The van der Waals surface area contributed by atoms with Crippen LogP contribution in [0.25, 0.3) is 0 Å². The number of carbonyl (C=O) groups is 3. The number of hydrogen-bond acceptors (Lipinski definition) is 4. The molecule has 5 N–H and O–H groups in total. The molecular weight excluding hydrogens is 357 g/mol. The molecule has 0 bridgehead atoms. The lowest BCUT2D eigenvalue weighted by Crippen LogP contribution is -2.52. The van der Waals surface area contributed by atoms with Gasteiger partial charge in [-0.3, -0.25) is 14.4 Å². The normalized spacial score (nSPS) is 32.6. The van der Waals surface area contributed by atoms with Crippen LogP contribution >= 0.6 is 0 Å². The first-order chi connectivity index (χ1) is 12.0. The highest BCUT2D eigenvalue weighted by molar-refractivity contribution is 5.96. The molecule has 0 spiro atoms. The summed E-state index contributed by atoms with van der Waals surface area (Å²) >= 11 is 0. The SMILES string of the molecule is NC1(C(=O)O)CC(NC(=O)c2ccccc2C(F)(F)F)C2C1[C@H]2C(=O)O. The van der Waals surface area contributed by atoms with Gasteiger partial charge in [0.05, 0.1) is 17.0 Å². The molecule has 140 valence electrons. The maximum atomic E-state index is 13.0. The van der Waals surface area contributed by atoms with Crippen LogP contribution in [-0.2, 0) is 15.8 Å². The topological polar surface area (TPSA) is 130 Å². The number of carboxylic acid groups (broad SMARTS) is 2. The average molecular weight is 372 g/mol. The van der Waals surface area contributed by atoms with E-state index < -0.39 is 64.5 Å². The van der Waals surface area contributed by atoms with Gasteiger partial charge in [-0.15, -0.1) is 0 Å². The Morgan fingerprint density at radius 3 is 2.35 bits per heavy atom. The number of nitrogens with two attached hydrogens (primary N) is 1. The third-order valence-corrected chi connectivity index (χ3v) is 5.17. The summed E-state index contributed by atoms with van der Waals surface area (Å²) in [5.74, 6) is -6.34. The Labute approximate surface area is 145 Å². The van der Waals surface area contributed by atoms with E-state index in [-0.39, 0.29) is 6.42 Å². The molecule has 2 saturated carbocycles. The van der Waals surface area contributed by atoms with Gasteiger partial charge in [0.2, 0.25) is 0 Å². The molecule has 2 aliphatic carbocycles. The highest BCUT2D eigenvalue weighted by Gasteiger charge is 2.74. The zero-order valence-electron chi connectivity index (χ0n) is 13.2. The van der Waals surface area contributed by atoms with Crippen molar-refractivity contribution in [1.82, 2.24) is 5.32 Å². The predicted octanol–water partition coefficient (Wildman–Crippen LogP) is 0.936. The van der Waals surface area contributed by atoms with Crippen molar-refractivity contribution in [3.63, 3.8) is 0 Å². The molecule has 5 atom stereocenters. The Balaban J connectivity index is 1.85. The molecular formula is C16H15F3N2O5. The lowest BCUT2D eigenvalue weighted by molar-refractivity contribution is -0.145. The molecule has 1 aromatic carbocycles. The van der Waals surface area contributed by atoms with Crippen molar-refractivity contribution < 1.29 is 37.8 Å². The monoisotopic (exact) mass is 372 g/mol. The van der Waals surface area contributed by atoms with Crippen LogP contribution in [0.1, 0.15) is 22.3 Å².